The van der Waals surface area contributed by atoms with Crippen LogP contribution in [0.1, 0.15) is 31.4 Å². The highest BCUT2D eigenvalue weighted by atomic mass is 19.4. The molecule has 3 nitrogen and oxygen atoms in total. The lowest BCUT2D eigenvalue weighted by Gasteiger charge is -2.33. The number of hydrogen-bond donors (Lipinski definition) is 0. The Bertz CT molecular complexity index is 1490. The van der Waals surface area contributed by atoms with Crippen LogP contribution in [0.2, 0.25) is 0 Å². The van der Waals surface area contributed by atoms with E-state index in [0.717, 1.165) is 22.9 Å². The third-order valence-corrected chi connectivity index (χ3v) is 6.76. The van der Waals surface area contributed by atoms with Crippen molar-refractivity contribution >= 4 is 27.8 Å². The molecule has 1 aliphatic heterocycles. The second kappa shape index (κ2) is 7.80. The van der Waals surface area contributed by atoms with Gasteiger partial charge in [0.2, 0.25) is 11.7 Å². The Hall–Kier alpha value is -3.42. The van der Waals surface area contributed by atoms with Gasteiger partial charge in [0.05, 0.1) is 16.5 Å². The Labute approximate surface area is 198 Å². The molecule has 3 heterocycles. The predicted octanol–water partition coefficient (Wildman–Crippen LogP) is 7.83. The van der Waals surface area contributed by atoms with E-state index < -0.39 is 23.4 Å². The van der Waals surface area contributed by atoms with Gasteiger partial charge in [0.1, 0.15) is 11.4 Å². The predicted molar refractivity (Wildman–Crippen MR) is 125 cm³/mol. The Morgan fingerprint density at radius 2 is 1.86 bits per heavy atom. The Morgan fingerprint density at radius 3 is 2.57 bits per heavy atom. The molecule has 1 atom stereocenters. The minimum absolute atomic E-state index is 0.106. The summed E-state index contributed by atoms with van der Waals surface area (Å²) >= 11 is 0. The van der Waals surface area contributed by atoms with E-state index in [9.17, 15) is 22.0 Å². The average molecular weight is 486 g/mol. The normalized spacial score (nSPS) is 18.6. The van der Waals surface area contributed by atoms with Crippen LogP contribution in [-0.2, 0) is 0 Å². The third kappa shape index (κ3) is 3.75. The number of pyridine rings is 1. The summed E-state index contributed by atoms with van der Waals surface area (Å²) in [7, 11) is 1.86. The van der Waals surface area contributed by atoms with Crippen LogP contribution < -0.4 is 0 Å². The van der Waals surface area contributed by atoms with Crippen molar-refractivity contribution in [2.45, 2.75) is 33.4 Å². The number of halogens is 5. The standard InChI is InChI=1S/C27H23F5N2O/c1-14-5-7-18-22-19(28)12-20(29)33-25(22)35-24(18)21(14)23-17-8-6-15(11-16(17)9-10-34(23)4)13-26(2,3)27(30,31)32/h5-12,16H,13H2,1-4H3. The molecular weight excluding hydrogens is 463 g/mol. The van der Waals surface area contributed by atoms with E-state index in [1.165, 1.54) is 13.8 Å². The van der Waals surface area contributed by atoms with Crippen molar-refractivity contribution in [1.29, 1.82) is 0 Å². The number of aromatic nitrogens is 1. The molecule has 8 heteroatoms. The number of furan rings is 1. The number of nitrogens with zero attached hydrogens (tertiary/aromatic N) is 2. The second-order valence-electron chi connectivity index (χ2n) is 9.76. The minimum Gasteiger partial charge on any atom is -0.437 e. The van der Waals surface area contributed by atoms with Crippen LogP contribution in [0.15, 0.2) is 64.3 Å². The lowest BCUT2D eigenvalue weighted by atomic mass is 9.79. The maximum absolute atomic E-state index is 14.6. The van der Waals surface area contributed by atoms with E-state index in [2.05, 4.69) is 4.98 Å². The summed E-state index contributed by atoms with van der Waals surface area (Å²) in [5.74, 6) is -1.97. The number of rotatable bonds is 3. The topological polar surface area (TPSA) is 29.3 Å². The summed E-state index contributed by atoms with van der Waals surface area (Å²) in [4.78, 5) is 5.62. The first-order valence-corrected chi connectivity index (χ1v) is 11.2. The zero-order valence-electron chi connectivity index (χ0n) is 19.6. The molecule has 0 spiro atoms. The van der Waals surface area contributed by atoms with Gasteiger partial charge in [-0.2, -0.15) is 22.5 Å². The highest BCUT2D eigenvalue weighted by molar-refractivity contribution is 6.08. The molecule has 0 amide bonds. The van der Waals surface area contributed by atoms with Crippen LogP contribution in [0.25, 0.3) is 27.8 Å². The molecule has 35 heavy (non-hydrogen) atoms. The Balaban J connectivity index is 1.67. The van der Waals surface area contributed by atoms with Gasteiger partial charge in [-0.1, -0.05) is 55.9 Å². The molecular formula is C27H23F5N2O. The van der Waals surface area contributed by atoms with Gasteiger partial charge < -0.3 is 9.32 Å². The van der Waals surface area contributed by atoms with Gasteiger partial charge in [0.25, 0.3) is 0 Å². The van der Waals surface area contributed by atoms with Crippen LogP contribution >= 0.6 is 0 Å². The molecule has 0 bridgehead atoms. The maximum atomic E-state index is 14.6. The number of aryl methyl sites for hydroxylation is 1. The summed E-state index contributed by atoms with van der Waals surface area (Å²) in [6.07, 6.45) is 4.72. The summed E-state index contributed by atoms with van der Waals surface area (Å²) in [5.41, 5.74) is 2.20. The summed E-state index contributed by atoms with van der Waals surface area (Å²) < 4.78 is 74.6. The average Bonchev–Trinajstić information content (AvgIpc) is 3.12. The van der Waals surface area contributed by atoms with E-state index in [1.807, 2.05) is 49.4 Å². The van der Waals surface area contributed by atoms with E-state index in [4.69, 9.17) is 4.42 Å². The molecule has 1 aliphatic carbocycles. The third-order valence-electron chi connectivity index (χ3n) is 6.76. The lowest BCUT2D eigenvalue weighted by molar-refractivity contribution is -0.210. The summed E-state index contributed by atoms with van der Waals surface area (Å²) in [5, 5.41) is 0.579. The van der Waals surface area contributed by atoms with Gasteiger partial charge in [-0.05, 0) is 24.5 Å². The number of allylic oxidation sites excluding steroid dienone is 6. The molecule has 2 aliphatic rings. The van der Waals surface area contributed by atoms with E-state index >= 15 is 0 Å². The number of hydrogen-bond acceptors (Lipinski definition) is 3. The highest BCUT2D eigenvalue weighted by Crippen LogP contribution is 2.46. The van der Waals surface area contributed by atoms with Crippen molar-refractivity contribution in [3.05, 3.63) is 82.7 Å². The van der Waals surface area contributed by atoms with Crippen molar-refractivity contribution in [2.75, 3.05) is 7.05 Å². The van der Waals surface area contributed by atoms with Crippen molar-refractivity contribution in [2.24, 2.45) is 11.3 Å². The molecule has 2 aromatic heterocycles. The number of benzene rings is 1. The minimum atomic E-state index is -4.32. The molecule has 182 valence electrons. The molecule has 0 saturated heterocycles. The summed E-state index contributed by atoms with van der Waals surface area (Å²) in [6, 6.07) is 4.28. The van der Waals surface area contributed by atoms with Gasteiger partial charge in [-0.3, -0.25) is 0 Å². The first-order chi connectivity index (χ1) is 16.4. The molecule has 0 fully saturated rings. The molecule has 5 rings (SSSR count). The number of fused-ring (bicyclic) bond motifs is 4. The van der Waals surface area contributed by atoms with Crippen molar-refractivity contribution in [3.63, 3.8) is 0 Å². The fourth-order valence-corrected chi connectivity index (χ4v) is 4.79. The van der Waals surface area contributed by atoms with Crippen LogP contribution in [0.4, 0.5) is 22.0 Å². The van der Waals surface area contributed by atoms with Crippen LogP contribution in [-0.4, -0.2) is 23.1 Å². The van der Waals surface area contributed by atoms with Gasteiger partial charge >= 0.3 is 6.18 Å². The van der Waals surface area contributed by atoms with Crippen LogP contribution in [0, 0.1) is 30.0 Å². The van der Waals surface area contributed by atoms with Gasteiger partial charge in [0.15, 0.2) is 0 Å². The largest absolute Gasteiger partial charge is 0.437 e. The second-order valence-corrected chi connectivity index (χ2v) is 9.76. The zero-order chi connectivity index (χ0) is 25.3. The molecule has 0 saturated carbocycles. The monoisotopic (exact) mass is 486 g/mol. The van der Waals surface area contributed by atoms with Crippen LogP contribution in [0.5, 0.6) is 0 Å². The fourth-order valence-electron chi connectivity index (χ4n) is 4.79. The van der Waals surface area contributed by atoms with Crippen molar-refractivity contribution in [3.8, 4) is 0 Å². The van der Waals surface area contributed by atoms with E-state index in [-0.39, 0.29) is 23.4 Å². The van der Waals surface area contributed by atoms with Crippen LogP contribution in [0.3, 0.4) is 0 Å². The smallest absolute Gasteiger partial charge is 0.394 e. The number of alkyl halides is 3. The molecule has 0 radical (unpaired) electrons. The lowest BCUT2D eigenvalue weighted by Crippen LogP contribution is -2.32. The maximum Gasteiger partial charge on any atom is 0.394 e. The Kier molecular flexibility index (Phi) is 5.20. The zero-order valence-corrected chi connectivity index (χ0v) is 19.6. The van der Waals surface area contributed by atoms with E-state index in [1.54, 1.807) is 12.1 Å². The Morgan fingerprint density at radius 1 is 1.11 bits per heavy atom. The first-order valence-electron chi connectivity index (χ1n) is 11.2. The summed E-state index contributed by atoms with van der Waals surface area (Å²) in [6.45, 7) is 4.29. The van der Waals surface area contributed by atoms with Crippen molar-refractivity contribution < 1.29 is 26.4 Å². The molecule has 1 unspecified atom stereocenters. The SMILES string of the molecule is Cc1ccc2c(oc3nc(F)cc(F)c32)c1C1=C2C=CC(CC(C)(C)C(F)(F)F)=CC2C=CN1C. The molecule has 1 aromatic carbocycles. The highest BCUT2D eigenvalue weighted by Gasteiger charge is 2.47. The van der Waals surface area contributed by atoms with Gasteiger partial charge in [-0.25, -0.2) is 4.39 Å². The van der Waals surface area contributed by atoms with E-state index in [0.29, 0.717) is 22.1 Å². The van der Waals surface area contributed by atoms with Crippen molar-refractivity contribution in [1.82, 2.24) is 9.88 Å². The fraction of sp³-hybridized carbons (Fsp3) is 0.296. The van der Waals surface area contributed by atoms with Gasteiger partial charge in [-0.15, -0.1) is 0 Å². The molecule has 3 aromatic rings. The first kappa shape index (κ1) is 23.3. The molecule has 0 N–H and O–H groups in total. The van der Waals surface area contributed by atoms with Gasteiger partial charge in [0, 0.05) is 36.2 Å². The quantitative estimate of drug-likeness (QED) is 0.279.